The van der Waals surface area contributed by atoms with E-state index in [1.54, 1.807) is 0 Å². The van der Waals surface area contributed by atoms with Crippen molar-refractivity contribution in [2.75, 3.05) is 0 Å². The Morgan fingerprint density at radius 1 is 1.25 bits per heavy atom. The van der Waals surface area contributed by atoms with Gasteiger partial charge in [-0.1, -0.05) is 20.8 Å². The number of aryl methyl sites for hydroxylation is 1. The summed E-state index contributed by atoms with van der Waals surface area (Å²) in [4.78, 5) is 4.53. The number of fused-ring (bicyclic) bond motifs is 1. The Labute approximate surface area is 96.5 Å². The summed E-state index contributed by atoms with van der Waals surface area (Å²) in [7, 11) is 0. The molecule has 3 heteroatoms. The highest BCUT2D eigenvalue weighted by atomic mass is 15.3. The molecule has 2 heterocycles. The second-order valence-corrected chi connectivity index (χ2v) is 4.83. The molecule has 0 aromatic carbocycles. The van der Waals surface area contributed by atoms with Crippen LogP contribution in [0.4, 0.5) is 0 Å². The van der Waals surface area contributed by atoms with E-state index in [0.717, 1.165) is 24.0 Å². The van der Waals surface area contributed by atoms with Crippen LogP contribution in [0.2, 0.25) is 0 Å². The number of hydrogen-bond donors (Lipinski definition) is 0. The van der Waals surface area contributed by atoms with Gasteiger partial charge in [-0.05, 0) is 30.4 Å². The predicted octanol–water partition coefficient (Wildman–Crippen LogP) is 3.14. The summed E-state index contributed by atoms with van der Waals surface area (Å²) in [6.45, 7) is 9.66. The van der Waals surface area contributed by atoms with Crippen LogP contribution in [0.15, 0.2) is 18.5 Å². The van der Waals surface area contributed by atoms with Crippen LogP contribution in [0.5, 0.6) is 0 Å². The van der Waals surface area contributed by atoms with Gasteiger partial charge in [0, 0.05) is 18.1 Å². The summed E-state index contributed by atoms with van der Waals surface area (Å²) in [6, 6.07) is 2.21. The van der Waals surface area contributed by atoms with Crippen molar-refractivity contribution in [2.45, 2.75) is 46.1 Å². The van der Waals surface area contributed by atoms with Gasteiger partial charge in [-0.3, -0.25) is 0 Å². The Hall–Kier alpha value is -1.38. The molecule has 0 radical (unpaired) electrons. The van der Waals surface area contributed by atoms with Crippen LogP contribution in [0, 0.1) is 0 Å². The van der Waals surface area contributed by atoms with Crippen molar-refractivity contribution in [2.24, 2.45) is 0 Å². The zero-order valence-corrected chi connectivity index (χ0v) is 10.5. The Balaban J connectivity index is 2.53. The minimum absolute atomic E-state index is 0.190. The summed E-state index contributed by atoms with van der Waals surface area (Å²) in [6.07, 6.45) is 5.00. The zero-order valence-electron chi connectivity index (χ0n) is 10.5. The molecule has 0 atom stereocenters. The first kappa shape index (κ1) is 11.1. The first-order chi connectivity index (χ1) is 7.58. The van der Waals surface area contributed by atoms with E-state index in [-0.39, 0.29) is 5.41 Å². The van der Waals surface area contributed by atoms with Crippen LogP contribution in [0.25, 0.3) is 11.0 Å². The van der Waals surface area contributed by atoms with Gasteiger partial charge in [0.1, 0.15) is 0 Å². The maximum Gasteiger partial charge on any atom is 0.157 e. The van der Waals surface area contributed by atoms with Crippen molar-refractivity contribution in [1.29, 1.82) is 0 Å². The number of pyridine rings is 1. The third-order valence-corrected chi connectivity index (χ3v) is 3.44. The zero-order chi connectivity index (χ0) is 11.8. The summed E-state index contributed by atoms with van der Waals surface area (Å²) >= 11 is 0. The fraction of sp³-hybridized carbons (Fsp3) is 0.538. The Morgan fingerprint density at radius 3 is 2.62 bits per heavy atom. The van der Waals surface area contributed by atoms with Crippen LogP contribution in [-0.4, -0.2) is 14.8 Å². The van der Waals surface area contributed by atoms with Gasteiger partial charge in [0.15, 0.2) is 5.65 Å². The van der Waals surface area contributed by atoms with Gasteiger partial charge in [0.2, 0.25) is 0 Å². The van der Waals surface area contributed by atoms with E-state index >= 15 is 0 Å². The van der Waals surface area contributed by atoms with Gasteiger partial charge in [-0.2, -0.15) is 5.10 Å². The third kappa shape index (κ3) is 1.70. The normalized spacial score (nSPS) is 12.2. The lowest BCUT2D eigenvalue weighted by Gasteiger charge is -2.22. The molecular weight excluding hydrogens is 198 g/mol. The maximum absolute atomic E-state index is 4.53. The molecule has 0 spiro atoms. The molecule has 16 heavy (non-hydrogen) atoms. The molecule has 3 nitrogen and oxygen atoms in total. The van der Waals surface area contributed by atoms with Crippen molar-refractivity contribution in [3.63, 3.8) is 0 Å². The number of nitrogens with zero attached hydrogens (tertiary/aromatic N) is 3. The number of hydrogen-bond acceptors (Lipinski definition) is 2. The molecule has 0 fully saturated rings. The fourth-order valence-electron chi connectivity index (χ4n) is 1.78. The average molecular weight is 217 g/mol. The van der Waals surface area contributed by atoms with Gasteiger partial charge < -0.3 is 0 Å². The van der Waals surface area contributed by atoms with E-state index in [9.17, 15) is 0 Å². The smallest absolute Gasteiger partial charge is 0.157 e. The minimum atomic E-state index is 0.190. The molecule has 0 aliphatic carbocycles. The van der Waals surface area contributed by atoms with Gasteiger partial charge in [-0.25, -0.2) is 9.67 Å². The van der Waals surface area contributed by atoms with Gasteiger partial charge >= 0.3 is 0 Å². The van der Waals surface area contributed by atoms with E-state index in [4.69, 9.17) is 0 Å². The lowest BCUT2D eigenvalue weighted by atomic mass is 9.83. The van der Waals surface area contributed by atoms with Crippen LogP contribution in [0.1, 0.15) is 39.7 Å². The van der Waals surface area contributed by atoms with E-state index in [1.165, 1.54) is 5.56 Å². The quantitative estimate of drug-likeness (QED) is 0.790. The molecular formula is C13H19N3. The highest BCUT2D eigenvalue weighted by Gasteiger charge is 2.19. The van der Waals surface area contributed by atoms with E-state index in [1.807, 2.05) is 17.1 Å². The molecule has 2 aromatic rings. The fourth-order valence-corrected chi connectivity index (χ4v) is 1.78. The molecule has 0 amide bonds. The van der Waals surface area contributed by atoms with Crippen molar-refractivity contribution in [3.05, 3.63) is 24.0 Å². The third-order valence-electron chi connectivity index (χ3n) is 3.44. The second-order valence-electron chi connectivity index (χ2n) is 4.83. The summed E-state index contributed by atoms with van der Waals surface area (Å²) < 4.78 is 1.93. The van der Waals surface area contributed by atoms with Crippen molar-refractivity contribution in [1.82, 2.24) is 14.8 Å². The lowest BCUT2D eigenvalue weighted by molar-refractivity contribution is 0.505. The molecule has 0 N–H and O–H groups in total. The molecule has 0 saturated heterocycles. The van der Waals surface area contributed by atoms with Crippen LogP contribution < -0.4 is 0 Å². The summed E-state index contributed by atoms with van der Waals surface area (Å²) in [5, 5.41) is 5.46. The summed E-state index contributed by atoms with van der Waals surface area (Å²) in [5.41, 5.74) is 2.46. The Kier molecular flexibility index (Phi) is 2.70. The number of rotatable bonds is 3. The minimum Gasteiger partial charge on any atom is -0.248 e. The molecule has 2 aromatic heterocycles. The van der Waals surface area contributed by atoms with E-state index in [2.05, 4.69) is 43.8 Å². The van der Waals surface area contributed by atoms with Crippen LogP contribution in [0.3, 0.4) is 0 Å². The second kappa shape index (κ2) is 3.89. The lowest BCUT2D eigenvalue weighted by Crippen LogP contribution is -2.15. The van der Waals surface area contributed by atoms with Gasteiger partial charge in [-0.15, -0.1) is 0 Å². The van der Waals surface area contributed by atoms with Crippen molar-refractivity contribution >= 4 is 11.0 Å². The highest BCUT2D eigenvalue weighted by molar-refractivity contribution is 5.75. The van der Waals surface area contributed by atoms with Crippen molar-refractivity contribution in [3.8, 4) is 0 Å². The van der Waals surface area contributed by atoms with Gasteiger partial charge in [0.05, 0.1) is 6.20 Å². The monoisotopic (exact) mass is 217 g/mol. The molecule has 0 aliphatic rings. The van der Waals surface area contributed by atoms with Crippen LogP contribution in [-0.2, 0) is 12.0 Å². The molecule has 0 aliphatic heterocycles. The van der Waals surface area contributed by atoms with Crippen molar-refractivity contribution < 1.29 is 0 Å². The SMILES string of the molecule is CCn1ncc2cc(C(C)(C)CC)cnc21. The largest absolute Gasteiger partial charge is 0.248 e. The molecule has 2 rings (SSSR count). The first-order valence-corrected chi connectivity index (χ1v) is 5.90. The highest BCUT2D eigenvalue weighted by Crippen LogP contribution is 2.27. The molecule has 86 valence electrons. The predicted molar refractivity (Wildman–Crippen MR) is 66.5 cm³/mol. The average Bonchev–Trinajstić information content (AvgIpc) is 2.70. The van der Waals surface area contributed by atoms with E-state index < -0.39 is 0 Å². The molecule has 0 unspecified atom stereocenters. The first-order valence-electron chi connectivity index (χ1n) is 5.90. The van der Waals surface area contributed by atoms with Crippen LogP contribution >= 0.6 is 0 Å². The topological polar surface area (TPSA) is 30.7 Å². The maximum atomic E-state index is 4.53. The summed E-state index contributed by atoms with van der Waals surface area (Å²) in [5.74, 6) is 0. The van der Waals surface area contributed by atoms with Gasteiger partial charge in [0.25, 0.3) is 0 Å². The number of aromatic nitrogens is 3. The molecule has 0 bridgehead atoms. The van der Waals surface area contributed by atoms with E-state index in [0.29, 0.717) is 0 Å². The standard InChI is InChI=1S/C13H19N3/c1-5-13(3,4)11-7-10-8-15-16(6-2)12(10)14-9-11/h7-9H,5-6H2,1-4H3. The Bertz CT molecular complexity index is 497. The Morgan fingerprint density at radius 2 is 2.00 bits per heavy atom. The molecule has 0 saturated carbocycles.